The van der Waals surface area contributed by atoms with Crippen LogP contribution >= 0.6 is 0 Å². The van der Waals surface area contributed by atoms with Crippen molar-refractivity contribution >= 4 is 0 Å². The number of ether oxygens (including phenoxy) is 1. The van der Waals surface area contributed by atoms with Gasteiger partial charge in [-0.2, -0.15) is 0 Å². The quantitative estimate of drug-likeness (QED) is 0.562. The molecular weight excluding hydrogens is 212 g/mol. The van der Waals surface area contributed by atoms with Gasteiger partial charge in [0.15, 0.2) is 0 Å². The van der Waals surface area contributed by atoms with Crippen molar-refractivity contribution in [1.29, 1.82) is 0 Å². The van der Waals surface area contributed by atoms with Gasteiger partial charge in [0.05, 0.1) is 0 Å². The summed E-state index contributed by atoms with van der Waals surface area (Å²) in [5.41, 5.74) is 5.62. The minimum absolute atomic E-state index is 0.297. The second kappa shape index (κ2) is 7.43. The van der Waals surface area contributed by atoms with E-state index in [-0.39, 0.29) is 0 Å². The van der Waals surface area contributed by atoms with Crippen LogP contribution in [-0.4, -0.2) is 19.8 Å². The first kappa shape index (κ1) is 14.2. The number of nitrogens with two attached hydrogens (primary N) is 1. The van der Waals surface area contributed by atoms with Gasteiger partial charge in [0.2, 0.25) is 0 Å². The van der Waals surface area contributed by atoms with Crippen molar-refractivity contribution < 1.29 is 4.74 Å². The van der Waals surface area contributed by atoms with E-state index in [9.17, 15) is 0 Å². The SMILES string of the molecule is COCCC(C)C(Cc1ccccc1C)NN. The Balaban J connectivity index is 2.60. The Morgan fingerprint density at radius 3 is 2.65 bits per heavy atom. The molecule has 2 unspecified atom stereocenters. The van der Waals surface area contributed by atoms with E-state index < -0.39 is 0 Å². The molecule has 0 saturated carbocycles. The largest absolute Gasteiger partial charge is 0.385 e. The van der Waals surface area contributed by atoms with E-state index >= 15 is 0 Å². The van der Waals surface area contributed by atoms with Crippen LogP contribution in [0.3, 0.4) is 0 Å². The summed E-state index contributed by atoms with van der Waals surface area (Å²) in [7, 11) is 1.74. The highest BCUT2D eigenvalue weighted by atomic mass is 16.5. The molecule has 0 radical (unpaired) electrons. The zero-order valence-electron chi connectivity index (χ0n) is 11.1. The Labute approximate surface area is 104 Å². The van der Waals surface area contributed by atoms with Gasteiger partial charge in [-0.1, -0.05) is 31.2 Å². The van der Waals surface area contributed by atoms with E-state index in [1.165, 1.54) is 11.1 Å². The maximum Gasteiger partial charge on any atom is 0.0465 e. The van der Waals surface area contributed by atoms with Crippen molar-refractivity contribution in [3.63, 3.8) is 0 Å². The lowest BCUT2D eigenvalue weighted by atomic mass is 9.91. The minimum atomic E-state index is 0.297. The summed E-state index contributed by atoms with van der Waals surface area (Å²) in [6.45, 7) is 5.14. The van der Waals surface area contributed by atoms with Crippen LogP contribution < -0.4 is 11.3 Å². The molecule has 3 nitrogen and oxygen atoms in total. The fourth-order valence-corrected chi connectivity index (χ4v) is 2.01. The Bertz CT molecular complexity index is 328. The summed E-state index contributed by atoms with van der Waals surface area (Å²) >= 11 is 0. The van der Waals surface area contributed by atoms with Crippen molar-refractivity contribution in [2.45, 2.75) is 32.7 Å². The van der Waals surface area contributed by atoms with Crippen molar-refractivity contribution in [2.24, 2.45) is 11.8 Å². The van der Waals surface area contributed by atoms with E-state index in [0.717, 1.165) is 19.4 Å². The molecule has 3 heteroatoms. The molecule has 3 N–H and O–H groups in total. The second-order valence-electron chi connectivity index (χ2n) is 4.66. The van der Waals surface area contributed by atoms with Gasteiger partial charge in [0, 0.05) is 19.8 Å². The molecule has 0 aliphatic rings. The lowest BCUT2D eigenvalue weighted by Gasteiger charge is -2.23. The average Bonchev–Trinajstić information content (AvgIpc) is 2.35. The Kier molecular flexibility index (Phi) is 6.19. The third-order valence-electron chi connectivity index (χ3n) is 3.38. The molecule has 0 aliphatic carbocycles. The van der Waals surface area contributed by atoms with Gasteiger partial charge in [0.25, 0.3) is 0 Å². The third kappa shape index (κ3) is 4.46. The normalized spacial score (nSPS) is 14.6. The van der Waals surface area contributed by atoms with Crippen LogP contribution in [0.15, 0.2) is 24.3 Å². The van der Waals surface area contributed by atoms with Crippen LogP contribution in [0.4, 0.5) is 0 Å². The molecule has 0 bridgehead atoms. The molecule has 0 fully saturated rings. The Morgan fingerprint density at radius 1 is 1.35 bits per heavy atom. The summed E-state index contributed by atoms with van der Waals surface area (Å²) in [6.07, 6.45) is 1.99. The molecule has 0 saturated heterocycles. The molecular formula is C14H24N2O. The van der Waals surface area contributed by atoms with Gasteiger partial charge in [0.1, 0.15) is 0 Å². The molecule has 0 amide bonds. The standard InChI is InChI=1S/C14H24N2O/c1-11-6-4-5-7-13(11)10-14(16-15)12(2)8-9-17-3/h4-7,12,14,16H,8-10,15H2,1-3H3. The third-order valence-corrected chi connectivity index (χ3v) is 3.38. The molecule has 2 atom stereocenters. The molecule has 96 valence electrons. The first-order chi connectivity index (χ1) is 8.19. The van der Waals surface area contributed by atoms with Crippen LogP contribution in [0.25, 0.3) is 0 Å². The minimum Gasteiger partial charge on any atom is -0.385 e. The topological polar surface area (TPSA) is 47.3 Å². The number of methoxy groups -OCH3 is 1. The second-order valence-corrected chi connectivity index (χ2v) is 4.66. The number of rotatable bonds is 7. The molecule has 1 aromatic carbocycles. The van der Waals surface area contributed by atoms with Crippen LogP contribution in [0, 0.1) is 12.8 Å². The van der Waals surface area contributed by atoms with E-state index in [1.807, 2.05) is 0 Å². The lowest BCUT2D eigenvalue weighted by molar-refractivity contribution is 0.170. The van der Waals surface area contributed by atoms with E-state index in [1.54, 1.807) is 7.11 Å². The predicted molar refractivity (Wildman–Crippen MR) is 71.7 cm³/mol. The average molecular weight is 236 g/mol. The fraction of sp³-hybridized carbons (Fsp3) is 0.571. The summed E-state index contributed by atoms with van der Waals surface area (Å²) in [5, 5.41) is 0. The fourth-order valence-electron chi connectivity index (χ4n) is 2.01. The highest BCUT2D eigenvalue weighted by Gasteiger charge is 2.16. The number of benzene rings is 1. The zero-order valence-corrected chi connectivity index (χ0v) is 11.1. The van der Waals surface area contributed by atoms with Gasteiger partial charge in [-0.25, -0.2) is 0 Å². The Morgan fingerprint density at radius 2 is 2.06 bits per heavy atom. The highest BCUT2D eigenvalue weighted by molar-refractivity contribution is 5.26. The van der Waals surface area contributed by atoms with Gasteiger partial charge >= 0.3 is 0 Å². The van der Waals surface area contributed by atoms with Crippen LogP contribution in [0.1, 0.15) is 24.5 Å². The van der Waals surface area contributed by atoms with Crippen molar-refractivity contribution in [1.82, 2.24) is 5.43 Å². The smallest absolute Gasteiger partial charge is 0.0465 e. The van der Waals surface area contributed by atoms with Gasteiger partial charge in [-0.3, -0.25) is 11.3 Å². The predicted octanol–water partition coefficient (Wildman–Crippen LogP) is 2.04. The number of hydrazine groups is 1. The Hall–Kier alpha value is -0.900. The van der Waals surface area contributed by atoms with Crippen molar-refractivity contribution in [2.75, 3.05) is 13.7 Å². The van der Waals surface area contributed by atoms with E-state index in [2.05, 4.69) is 43.5 Å². The highest BCUT2D eigenvalue weighted by Crippen LogP contribution is 2.16. The molecule has 17 heavy (non-hydrogen) atoms. The summed E-state index contributed by atoms with van der Waals surface area (Å²) in [6, 6.07) is 8.76. The molecule has 0 aromatic heterocycles. The first-order valence-electron chi connectivity index (χ1n) is 6.18. The number of nitrogens with one attached hydrogen (secondary N) is 1. The van der Waals surface area contributed by atoms with E-state index in [0.29, 0.717) is 12.0 Å². The number of hydrogen-bond acceptors (Lipinski definition) is 3. The molecule has 1 rings (SSSR count). The van der Waals surface area contributed by atoms with Crippen LogP contribution in [0.5, 0.6) is 0 Å². The molecule has 0 spiro atoms. The number of aryl methyl sites for hydroxylation is 1. The van der Waals surface area contributed by atoms with Gasteiger partial charge in [-0.15, -0.1) is 0 Å². The number of hydrogen-bond donors (Lipinski definition) is 2. The van der Waals surface area contributed by atoms with Crippen molar-refractivity contribution in [3.05, 3.63) is 35.4 Å². The molecule has 0 heterocycles. The maximum absolute atomic E-state index is 5.65. The molecule has 1 aromatic rings. The zero-order chi connectivity index (χ0) is 12.7. The van der Waals surface area contributed by atoms with Crippen LogP contribution in [0.2, 0.25) is 0 Å². The lowest BCUT2D eigenvalue weighted by Crippen LogP contribution is -2.42. The summed E-state index contributed by atoms with van der Waals surface area (Å²) in [5.74, 6) is 6.15. The summed E-state index contributed by atoms with van der Waals surface area (Å²) < 4.78 is 5.11. The summed E-state index contributed by atoms with van der Waals surface area (Å²) in [4.78, 5) is 0. The van der Waals surface area contributed by atoms with E-state index in [4.69, 9.17) is 10.6 Å². The van der Waals surface area contributed by atoms with Crippen molar-refractivity contribution in [3.8, 4) is 0 Å². The van der Waals surface area contributed by atoms with Gasteiger partial charge < -0.3 is 4.74 Å². The monoisotopic (exact) mass is 236 g/mol. The van der Waals surface area contributed by atoms with Crippen LogP contribution in [-0.2, 0) is 11.2 Å². The van der Waals surface area contributed by atoms with Gasteiger partial charge in [-0.05, 0) is 36.8 Å². The first-order valence-corrected chi connectivity index (χ1v) is 6.18. The molecule has 0 aliphatic heterocycles. The maximum atomic E-state index is 5.65.